The lowest BCUT2D eigenvalue weighted by Gasteiger charge is -2.09. The molecule has 1 amide bonds. The Morgan fingerprint density at radius 2 is 1.71 bits per heavy atom. The molecular formula is C21H21N3O4. The standard InChI is InChI=1S/C21H21N3O4/c1-3-27-17-5-4-6-18(13-17)28-14-20(25)22-16-9-7-15(8-10-16)19-11-12-21(26-2)24-23-19/h4-13H,3,14H2,1-2H3,(H,22,25). The molecule has 28 heavy (non-hydrogen) atoms. The number of hydrogen-bond donors (Lipinski definition) is 1. The Morgan fingerprint density at radius 1 is 0.964 bits per heavy atom. The molecule has 3 rings (SSSR count). The molecule has 0 unspecified atom stereocenters. The molecule has 3 aromatic rings. The summed E-state index contributed by atoms with van der Waals surface area (Å²) in [4.78, 5) is 12.1. The third-order valence-electron chi connectivity index (χ3n) is 3.80. The van der Waals surface area contributed by atoms with Crippen molar-refractivity contribution < 1.29 is 19.0 Å². The molecule has 0 aliphatic heterocycles. The molecule has 7 nitrogen and oxygen atoms in total. The van der Waals surface area contributed by atoms with Crippen LogP contribution >= 0.6 is 0 Å². The minimum Gasteiger partial charge on any atom is -0.494 e. The van der Waals surface area contributed by atoms with Crippen LogP contribution < -0.4 is 19.5 Å². The summed E-state index contributed by atoms with van der Waals surface area (Å²) in [6.07, 6.45) is 0. The molecule has 0 saturated carbocycles. The summed E-state index contributed by atoms with van der Waals surface area (Å²) in [5.74, 6) is 1.49. The van der Waals surface area contributed by atoms with Crippen molar-refractivity contribution in [3.8, 4) is 28.6 Å². The van der Waals surface area contributed by atoms with E-state index in [9.17, 15) is 4.79 Å². The average Bonchev–Trinajstić information content (AvgIpc) is 2.73. The summed E-state index contributed by atoms with van der Waals surface area (Å²) in [5.41, 5.74) is 2.27. The van der Waals surface area contributed by atoms with Gasteiger partial charge in [-0.15, -0.1) is 10.2 Å². The van der Waals surface area contributed by atoms with E-state index in [0.717, 1.165) is 11.3 Å². The van der Waals surface area contributed by atoms with Gasteiger partial charge < -0.3 is 19.5 Å². The van der Waals surface area contributed by atoms with Gasteiger partial charge in [0.2, 0.25) is 5.88 Å². The van der Waals surface area contributed by atoms with Gasteiger partial charge in [-0.1, -0.05) is 18.2 Å². The van der Waals surface area contributed by atoms with Gasteiger partial charge in [-0.3, -0.25) is 4.79 Å². The van der Waals surface area contributed by atoms with Gasteiger partial charge in [0.15, 0.2) is 6.61 Å². The van der Waals surface area contributed by atoms with Crippen LogP contribution in [0.15, 0.2) is 60.7 Å². The van der Waals surface area contributed by atoms with Crippen LogP contribution in [0.4, 0.5) is 5.69 Å². The second-order valence-electron chi connectivity index (χ2n) is 5.78. The highest BCUT2D eigenvalue weighted by Crippen LogP contribution is 2.21. The van der Waals surface area contributed by atoms with E-state index >= 15 is 0 Å². The van der Waals surface area contributed by atoms with Crippen molar-refractivity contribution in [2.45, 2.75) is 6.92 Å². The Bertz CT molecular complexity index is 912. The lowest BCUT2D eigenvalue weighted by Crippen LogP contribution is -2.20. The molecule has 0 radical (unpaired) electrons. The molecule has 0 spiro atoms. The first-order chi connectivity index (χ1) is 13.7. The number of hydrogen-bond acceptors (Lipinski definition) is 6. The van der Waals surface area contributed by atoms with E-state index in [4.69, 9.17) is 14.2 Å². The number of anilines is 1. The quantitative estimate of drug-likeness (QED) is 0.644. The van der Waals surface area contributed by atoms with Crippen molar-refractivity contribution >= 4 is 11.6 Å². The number of aromatic nitrogens is 2. The third-order valence-corrected chi connectivity index (χ3v) is 3.80. The van der Waals surface area contributed by atoms with E-state index in [2.05, 4.69) is 15.5 Å². The summed E-state index contributed by atoms with van der Waals surface area (Å²) in [6.45, 7) is 2.39. The normalized spacial score (nSPS) is 10.2. The molecule has 1 heterocycles. The van der Waals surface area contributed by atoms with Crippen LogP contribution in [0, 0.1) is 0 Å². The molecular weight excluding hydrogens is 358 g/mol. The van der Waals surface area contributed by atoms with Gasteiger partial charge in [0.1, 0.15) is 11.5 Å². The Kier molecular flexibility index (Phi) is 6.41. The topological polar surface area (TPSA) is 82.6 Å². The molecule has 0 saturated heterocycles. The van der Waals surface area contributed by atoms with Crippen molar-refractivity contribution in [1.82, 2.24) is 10.2 Å². The molecule has 2 aromatic carbocycles. The van der Waals surface area contributed by atoms with E-state index in [1.54, 1.807) is 37.4 Å². The van der Waals surface area contributed by atoms with Crippen LogP contribution in [0.25, 0.3) is 11.3 Å². The molecule has 0 bridgehead atoms. The van der Waals surface area contributed by atoms with Gasteiger partial charge in [-0.05, 0) is 37.3 Å². The van der Waals surface area contributed by atoms with Crippen LogP contribution in [0.5, 0.6) is 17.4 Å². The minimum absolute atomic E-state index is 0.0959. The highest BCUT2D eigenvalue weighted by atomic mass is 16.5. The Hall–Kier alpha value is -3.61. The van der Waals surface area contributed by atoms with Crippen molar-refractivity contribution in [2.24, 2.45) is 0 Å². The SMILES string of the molecule is CCOc1cccc(OCC(=O)Nc2ccc(-c3ccc(OC)nn3)cc2)c1. The fraction of sp³-hybridized carbons (Fsp3) is 0.190. The van der Waals surface area contributed by atoms with E-state index in [0.29, 0.717) is 29.7 Å². The monoisotopic (exact) mass is 379 g/mol. The lowest BCUT2D eigenvalue weighted by atomic mass is 10.1. The number of nitrogens with one attached hydrogen (secondary N) is 1. The Labute approximate surface area is 163 Å². The summed E-state index contributed by atoms with van der Waals surface area (Å²) in [6, 6.07) is 18.1. The number of nitrogens with zero attached hydrogens (tertiary/aromatic N) is 2. The number of rotatable bonds is 8. The van der Waals surface area contributed by atoms with Gasteiger partial charge in [-0.25, -0.2) is 0 Å². The van der Waals surface area contributed by atoms with Crippen molar-refractivity contribution in [2.75, 3.05) is 25.6 Å². The first kappa shape index (κ1) is 19.2. The fourth-order valence-corrected chi connectivity index (χ4v) is 2.47. The van der Waals surface area contributed by atoms with Gasteiger partial charge in [0.05, 0.1) is 19.4 Å². The number of carbonyl (C=O) groups excluding carboxylic acids is 1. The van der Waals surface area contributed by atoms with Gasteiger partial charge in [-0.2, -0.15) is 0 Å². The smallest absolute Gasteiger partial charge is 0.262 e. The third kappa shape index (κ3) is 5.20. The lowest BCUT2D eigenvalue weighted by molar-refractivity contribution is -0.118. The largest absolute Gasteiger partial charge is 0.494 e. The van der Waals surface area contributed by atoms with E-state index < -0.39 is 0 Å². The van der Waals surface area contributed by atoms with Gasteiger partial charge in [0.25, 0.3) is 5.91 Å². The summed E-state index contributed by atoms with van der Waals surface area (Å²) in [7, 11) is 1.54. The Morgan fingerprint density at radius 3 is 2.36 bits per heavy atom. The molecule has 7 heteroatoms. The fourth-order valence-electron chi connectivity index (χ4n) is 2.47. The Balaban J connectivity index is 1.54. The van der Waals surface area contributed by atoms with Crippen LogP contribution in [0.1, 0.15) is 6.92 Å². The highest BCUT2D eigenvalue weighted by Gasteiger charge is 2.06. The zero-order valence-corrected chi connectivity index (χ0v) is 15.7. The van der Waals surface area contributed by atoms with E-state index in [1.807, 2.05) is 37.3 Å². The summed E-state index contributed by atoms with van der Waals surface area (Å²) in [5, 5.41) is 10.8. The maximum Gasteiger partial charge on any atom is 0.262 e. The zero-order valence-electron chi connectivity index (χ0n) is 15.7. The van der Waals surface area contributed by atoms with Crippen LogP contribution in [0.3, 0.4) is 0 Å². The maximum atomic E-state index is 12.1. The maximum absolute atomic E-state index is 12.1. The predicted molar refractivity (Wildman–Crippen MR) is 106 cm³/mol. The van der Waals surface area contributed by atoms with E-state index in [1.165, 1.54) is 0 Å². The number of methoxy groups -OCH3 is 1. The second kappa shape index (κ2) is 9.36. The van der Waals surface area contributed by atoms with Crippen LogP contribution in [-0.4, -0.2) is 36.4 Å². The summed E-state index contributed by atoms with van der Waals surface area (Å²) >= 11 is 0. The van der Waals surface area contributed by atoms with Gasteiger partial charge in [0, 0.05) is 23.4 Å². The predicted octanol–water partition coefficient (Wildman–Crippen LogP) is 3.57. The number of benzene rings is 2. The van der Waals surface area contributed by atoms with Crippen molar-refractivity contribution in [1.29, 1.82) is 0 Å². The first-order valence-corrected chi connectivity index (χ1v) is 8.81. The molecule has 144 valence electrons. The van der Waals surface area contributed by atoms with Crippen molar-refractivity contribution in [3.63, 3.8) is 0 Å². The second-order valence-corrected chi connectivity index (χ2v) is 5.78. The molecule has 0 aliphatic carbocycles. The first-order valence-electron chi connectivity index (χ1n) is 8.81. The zero-order chi connectivity index (χ0) is 19.8. The summed E-state index contributed by atoms with van der Waals surface area (Å²) < 4.78 is 15.9. The van der Waals surface area contributed by atoms with Crippen molar-refractivity contribution in [3.05, 3.63) is 60.7 Å². The number of carbonyl (C=O) groups is 1. The number of amides is 1. The minimum atomic E-state index is -0.251. The van der Waals surface area contributed by atoms with Crippen LogP contribution in [0.2, 0.25) is 0 Å². The molecule has 1 N–H and O–H groups in total. The average molecular weight is 379 g/mol. The highest BCUT2D eigenvalue weighted by molar-refractivity contribution is 5.92. The molecule has 1 aromatic heterocycles. The van der Waals surface area contributed by atoms with Crippen LogP contribution in [-0.2, 0) is 4.79 Å². The van der Waals surface area contributed by atoms with Gasteiger partial charge >= 0.3 is 0 Å². The molecule has 0 aliphatic rings. The number of ether oxygens (including phenoxy) is 3. The van der Waals surface area contributed by atoms with E-state index in [-0.39, 0.29) is 12.5 Å². The molecule has 0 atom stereocenters. The molecule has 0 fully saturated rings.